The highest BCUT2D eigenvalue weighted by Gasteiger charge is 2.41. The number of fused-ring (bicyclic) bond motifs is 3. The van der Waals surface area contributed by atoms with Gasteiger partial charge in [0.2, 0.25) is 0 Å². The zero-order valence-electron chi connectivity index (χ0n) is 20.9. The highest BCUT2D eigenvalue weighted by atomic mass is 16.6. The van der Waals surface area contributed by atoms with Crippen molar-refractivity contribution in [3.63, 3.8) is 0 Å². The van der Waals surface area contributed by atoms with Gasteiger partial charge in [-0.15, -0.1) is 0 Å². The van der Waals surface area contributed by atoms with E-state index in [1.54, 1.807) is 27.0 Å². The molecule has 5 rings (SSSR count). The first-order chi connectivity index (χ1) is 16.7. The molecule has 180 valence electrons. The average molecular weight is 470 g/mol. The number of ketones is 1. The van der Waals surface area contributed by atoms with Crippen molar-refractivity contribution < 1.29 is 19.1 Å². The first kappa shape index (κ1) is 23.2. The standard InChI is InChI=1S/C30H31NO4/c1-17(2)29(33)35-24-13-11-19(14-25(24)34-5)26-21-12-10-18-8-6-7-9-20(18)28(21)31-22-15-30(3,4)16-23(32)27(22)26/h6-14,17,26,31H,15-16H2,1-5H3/t26-/m0/s1. The Balaban J connectivity index is 1.69. The Morgan fingerprint density at radius 1 is 1.03 bits per heavy atom. The van der Waals surface area contributed by atoms with Gasteiger partial charge in [-0.3, -0.25) is 9.59 Å². The van der Waals surface area contributed by atoms with Gasteiger partial charge in [-0.1, -0.05) is 70.2 Å². The van der Waals surface area contributed by atoms with E-state index in [1.165, 1.54) is 0 Å². The van der Waals surface area contributed by atoms with Crippen LogP contribution >= 0.6 is 0 Å². The molecule has 1 aliphatic heterocycles. The molecule has 5 nitrogen and oxygen atoms in total. The van der Waals surface area contributed by atoms with Gasteiger partial charge in [-0.05, 0) is 40.5 Å². The van der Waals surface area contributed by atoms with E-state index in [-0.39, 0.29) is 29.0 Å². The number of anilines is 1. The van der Waals surface area contributed by atoms with E-state index in [1.807, 2.05) is 24.3 Å². The van der Waals surface area contributed by atoms with Crippen LogP contribution in [-0.4, -0.2) is 18.9 Å². The zero-order chi connectivity index (χ0) is 24.9. The average Bonchev–Trinajstić information content (AvgIpc) is 2.82. The molecule has 0 fully saturated rings. The lowest BCUT2D eigenvalue weighted by molar-refractivity contribution is -0.137. The smallest absolute Gasteiger partial charge is 0.313 e. The van der Waals surface area contributed by atoms with Crippen LogP contribution in [0.25, 0.3) is 10.8 Å². The highest BCUT2D eigenvalue weighted by Crippen LogP contribution is 2.51. The summed E-state index contributed by atoms with van der Waals surface area (Å²) in [5.74, 6) is 0.223. The predicted octanol–water partition coefficient (Wildman–Crippen LogP) is 6.61. The summed E-state index contributed by atoms with van der Waals surface area (Å²) in [5.41, 5.74) is 4.75. The number of nitrogens with one attached hydrogen (secondary N) is 1. The van der Waals surface area contributed by atoms with Crippen LogP contribution < -0.4 is 14.8 Å². The summed E-state index contributed by atoms with van der Waals surface area (Å²) in [6.07, 6.45) is 1.31. The van der Waals surface area contributed by atoms with Crippen LogP contribution in [0.1, 0.15) is 57.6 Å². The number of hydrogen-bond donors (Lipinski definition) is 1. The molecular weight excluding hydrogens is 438 g/mol. The summed E-state index contributed by atoms with van der Waals surface area (Å²) in [7, 11) is 1.56. The fourth-order valence-corrected chi connectivity index (χ4v) is 5.28. The lowest BCUT2D eigenvalue weighted by Crippen LogP contribution is -2.33. The van der Waals surface area contributed by atoms with Crippen molar-refractivity contribution >= 4 is 28.2 Å². The van der Waals surface area contributed by atoms with Gasteiger partial charge < -0.3 is 14.8 Å². The zero-order valence-corrected chi connectivity index (χ0v) is 20.9. The third-order valence-corrected chi connectivity index (χ3v) is 6.96. The van der Waals surface area contributed by atoms with Crippen LogP contribution in [0.3, 0.4) is 0 Å². The first-order valence-electron chi connectivity index (χ1n) is 12.1. The van der Waals surface area contributed by atoms with Crippen molar-refractivity contribution in [1.82, 2.24) is 0 Å². The Hall–Kier alpha value is -3.60. The number of hydrogen-bond acceptors (Lipinski definition) is 5. The summed E-state index contributed by atoms with van der Waals surface area (Å²) >= 11 is 0. The molecule has 1 atom stereocenters. The van der Waals surface area contributed by atoms with Gasteiger partial charge in [0.15, 0.2) is 17.3 Å². The summed E-state index contributed by atoms with van der Waals surface area (Å²) in [6.45, 7) is 7.88. The third kappa shape index (κ3) is 4.09. The molecule has 0 amide bonds. The normalized spacial score (nSPS) is 18.7. The maximum atomic E-state index is 13.5. The van der Waals surface area contributed by atoms with Crippen LogP contribution in [-0.2, 0) is 9.59 Å². The molecule has 0 unspecified atom stereocenters. The number of allylic oxidation sites excluding steroid dienone is 2. The molecule has 0 aromatic heterocycles. The quantitative estimate of drug-likeness (QED) is 0.344. The Bertz CT molecular complexity index is 1380. The summed E-state index contributed by atoms with van der Waals surface area (Å²) < 4.78 is 11.2. The summed E-state index contributed by atoms with van der Waals surface area (Å²) in [6, 6.07) is 18.1. The number of Topliss-reactive ketones (excluding diaryl/α,β-unsaturated/α-hetero) is 1. The molecule has 0 radical (unpaired) electrons. The van der Waals surface area contributed by atoms with Gasteiger partial charge >= 0.3 is 5.97 Å². The van der Waals surface area contributed by atoms with E-state index in [9.17, 15) is 9.59 Å². The minimum atomic E-state index is -0.315. The van der Waals surface area contributed by atoms with Crippen LogP contribution in [0.5, 0.6) is 11.5 Å². The number of methoxy groups -OCH3 is 1. The summed E-state index contributed by atoms with van der Waals surface area (Å²) in [5, 5.41) is 5.95. The SMILES string of the molecule is COc1cc([C@@H]2C3=C(CC(C)(C)CC3=O)Nc3c2ccc2ccccc32)ccc1OC(=O)C(C)C. The minimum Gasteiger partial charge on any atom is -0.493 e. The van der Waals surface area contributed by atoms with Crippen molar-refractivity contribution in [2.24, 2.45) is 11.3 Å². The van der Waals surface area contributed by atoms with Gasteiger partial charge in [0.25, 0.3) is 0 Å². The molecule has 0 bridgehead atoms. The maximum Gasteiger partial charge on any atom is 0.313 e. The van der Waals surface area contributed by atoms with E-state index in [4.69, 9.17) is 9.47 Å². The molecule has 1 N–H and O–H groups in total. The minimum absolute atomic E-state index is 0.109. The van der Waals surface area contributed by atoms with Crippen molar-refractivity contribution in [3.05, 3.63) is 77.0 Å². The van der Waals surface area contributed by atoms with Crippen LogP contribution in [0.15, 0.2) is 65.9 Å². The number of benzene rings is 3. The Morgan fingerprint density at radius 2 is 1.80 bits per heavy atom. The molecular formula is C30H31NO4. The van der Waals surface area contributed by atoms with E-state index >= 15 is 0 Å². The van der Waals surface area contributed by atoms with Crippen molar-refractivity contribution in [2.75, 3.05) is 12.4 Å². The Morgan fingerprint density at radius 3 is 2.54 bits per heavy atom. The fourth-order valence-electron chi connectivity index (χ4n) is 5.28. The molecule has 0 saturated carbocycles. The largest absolute Gasteiger partial charge is 0.493 e. The topological polar surface area (TPSA) is 64.6 Å². The molecule has 35 heavy (non-hydrogen) atoms. The monoisotopic (exact) mass is 469 g/mol. The van der Waals surface area contributed by atoms with E-state index in [2.05, 4.69) is 43.4 Å². The predicted molar refractivity (Wildman–Crippen MR) is 138 cm³/mol. The van der Waals surface area contributed by atoms with Gasteiger partial charge in [0.05, 0.1) is 18.7 Å². The van der Waals surface area contributed by atoms with Crippen LogP contribution in [0, 0.1) is 11.3 Å². The second-order valence-corrected chi connectivity index (χ2v) is 10.6. The van der Waals surface area contributed by atoms with E-state index in [0.29, 0.717) is 17.9 Å². The number of esters is 1. The van der Waals surface area contributed by atoms with Crippen LogP contribution in [0.2, 0.25) is 0 Å². The molecule has 0 saturated heterocycles. The van der Waals surface area contributed by atoms with Crippen molar-refractivity contribution in [1.29, 1.82) is 0 Å². The molecule has 1 heterocycles. The second-order valence-electron chi connectivity index (χ2n) is 10.6. The molecule has 0 spiro atoms. The highest BCUT2D eigenvalue weighted by molar-refractivity contribution is 6.05. The number of rotatable bonds is 4. The van der Waals surface area contributed by atoms with E-state index in [0.717, 1.165) is 45.3 Å². The van der Waals surface area contributed by atoms with Gasteiger partial charge in [0.1, 0.15) is 0 Å². The van der Waals surface area contributed by atoms with Crippen molar-refractivity contribution in [2.45, 2.75) is 46.5 Å². The Labute approximate surface area is 206 Å². The molecule has 1 aliphatic carbocycles. The number of carbonyl (C=O) groups excluding carboxylic acids is 2. The van der Waals surface area contributed by atoms with E-state index < -0.39 is 0 Å². The lowest BCUT2D eigenvalue weighted by atomic mass is 9.68. The number of ether oxygens (including phenoxy) is 2. The van der Waals surface area contributed by atoms with Gasteiger partial charge in [-0.2, -0.15) is 0 Å². The van der Waals surface area contributed by atoms with Crippen molar-refractivity contribution in [3.8, 4) is 11.5 Å². The van der Waals surface area contributed by atoms with Crippen LogP contribution in [0.4, 0.5) is 5.69 Å². The summed E-state index contributed by atoms with van der Waals surface area (Å²) in [4.78, 5) is 25.8. The first-order valence-corrected chi connectivity index (χ1v) is 12.1. The molecule has 5 heteroatoms. The maximum absolute atomic E-state index is 13.5. The second kappa shape index (κ2) is 8.56. The fraction of sp³-hybridized carbons (Fsp3) is 0.333. The molecule has 3 aromatic rings. The lowest BCUT2D eigenvalue weighted by Gasteiger charge is -2.40. The molecule has 3 aromatic carbocycles. The number of carbonyl (C=O) groups is 2. The van der Waals surface area contributed by atoms with Gasteiger partial charge in [0, 0.05) is 29.0 Å². The third-order valence-electron chi connectivity index (χ3n) is 6.96. The Kier molecular flexibility index (Phi) is 5.66. The molecule has 2 aliphatic rings. The van der Waals surface area contributed by atoms with Gasteiger partial charge in [-0.25, -0.2) is 0 Å².